The molecule has 1 fully saturated rings. The lowest BCUT2D eigenvalue weighted by Crippen LogP contribution is -2.52. The molecule has 0 saturated carbocycles. The normalized spacial score (nSPS) is 15.4. The molecule has 4 nitrogen and oxygen atoms in total. The third-order valence-corrected chi connectivity index (χ3v) is 5.65. The number of ether oxygens (including phenoxy) is 1. The van der Waals surface area contributed by atoms with E-state index in [0.717, 1.165) is 40.3 Å². The standard InChI is InChI=1S/C24H25ClN2O2/c1-2-23(29-22-11-10-18-6-3-4-7-19(18)16-22)24(28)27-14-12-26(13-15-27)21-9-5-8-20(25)17-21/h3-11,16-17,23H,2,12-15H2,1H3/t23-/m1/s1. The van der Waals surface area contributed by atoms with Crippen LogP contribution < -0.4 is 9.64 Å². The predicted octanol–water partition coefficient (Wildman–Crippen LogP) is 5.00. The molecule has 5 heteroatoms. The molecule has 0 bridgehead atoms. The Hall–Kier alpha value is -2.72. The van der Waals surface area contributed by atoms with Crippen molar-refractivity contribution in [1.29, 1.82) is 0 Å². The molecule has 1 aliphatic rings. The van der Waals surface area contributed by atoms with E-state index in [2.05, 4.69) is 23.1 Å². The van der Waals surface area contributed by atoms with Crippen LogP contribution in [-0.2, 0) is 4.79 Å². The minimum atomic E-state index is -0.464. The van der Waals surface area contributed by atoms with E-state index in [9.17, 15) is 4.79 Å². The molecule has 0 radical (unpaired) electrons. The van der Waals surface area contributed by atoms with Crippen molar-refractivity contribution in [3.63, 3.8) is 0 Å². The SMILES string of the molecule is CC[C@@H](Oc1ccc2ccccc2c1)C(=O)N1CCN(c2cccc(Cl)c2)CC1. The lowest BCUT2D eigenvalue weighted by Gasteiger charge is -2.37. The van der Waals surface area contributed by atoms with Gasteiger partial charge in [0.2, 0.25) is 0 Å². The molecule has 0 aliphatic carbocycles. The van der Waals surface area contributed by atoms with Crippen LogP contribution >= 0.6 is 11.6 Å². The molecule has 1 atom stereocenters. The van der Waals surface area contributed by atoms with E-state index in [4.69, 9.17) is 16.3 Å². The molecule has 0 aromatic heterocycles. The summed E-state index contributed by atoms with van der Waals surface area (Å²) in [5, 5.41) is 3.01. The van der Waals surface area contributed by atoms with Crippen molar-refractivity contribution in [3.05, 3.63) is 71.8 Å². The van der Waals surface area contributed by atoms with Gasteiger partial charge in [-0.15, -0.1) is 0 Å². The Balaban J connectivity index is 1.39. The zero-order valence-corrected chi connectivity index (χ0v) is 17.3. The van der Waals surface area contributed by atoms with Crippen LogP contribution in [0.15, 0.2) is 66.7 Å². The van der Waals surface area contributed by atoms with Gasteiger partial charge in [-0.05, 0) is 47.5 Å². The average molecular weight is 409 g/mol. The number of nitrogens with zero attached hydrogens (tertiary/aromatic N) is 2. The fourth-order valence-corrected chi connectivity index (χ4v) is 3.96. The van der Waals surface area contributed by atoms with E-state index in [1.54, 1.807) is 0 Å². The predicted molar refractivity (Wildman–Crippen MR) is 119 cm³/mol. The Kier molecular flexibility index (Phi) is 5.91. The number of fused-ring (bicyclic) bond motifs is 1. The highest BCUT2D eigenvalue weighted by Gasteiger charge is 2.28. The third kappa shape index (κ3) is 4.48. The van der Waals surface area contributed by atoms with Gasteiger partial charge in [-0.2, -0.15) is 0 Å². The van der Waals surface area contributed by atoms with Gasteiger partial charge in [-0.25, -0.2) is 0 Å². The lowest BCUT2D eigenvalue weighted by molar-refractivity contribution is -0.139. The van der Waals surface area contributed by atoms with Crippen LogP contribution in [0.3, 0.4) is 0 Å². The van der Waals surface area contributed by atoms with Crippen molar-refractivity contribution >= 4 is 34.0 Å². The first-order valence-electron chi connectivity index (χ1n) is 10.1. The fourth-order valence-electron chi connectivity index (χ4n) is 3.77. The van der Waals surface area contributed by atoms with Crippen LogP contribution in [0, 0.1) is 0 Å². The first-order chi connectivity index (χ1) is 14.1. The highest BCUT2D eigenvalue weighted by molar-refractivity contribution is 6.30. The molecule has 1 saturated heterocycles. The Morgan fingerprint density at radius 3 is 2.45 bits per heavy atom. The van der Waals surface area contributed by atoms with Crippen molar-refractivity contribution in [2.75, 3.05) is 31.1 Å². The minimum Gasteiger partial charge on any atom is -0.481 e. The number of rotatable bonds is 5. The van der Waals surface area contributed by atoms with Gasteiger partial charge in [0.05, 0.1) is 0 Å². The van der Waals surface area contributed by atoms with Crippen LogP contribution in [0.25, 0.3) is 10.8 Å². The van der Waals surface area contributed by atoms with Crippen LogP contribution in [-0.4, -0.2) is 43.1 Å². The molecule has 4 rings (SSSR count). The molecule has 0 unspecified atom stereocenters. The molecule has 0 N–H and O–H groups in total. The highest BCUT2D eigenvalue weighted by atomic mass is 35.5. The molecule has 3 aromatic rings. The second-order valence-electron chi connectivity index (χ2n) is 7.32. The molecule has 150 valence electrons. The van der Waals surface area contributed by atoms with Crippen molar-refractivity contribution in [2.24, 2.45) is 0 Å². The maximum atomic E-state index is 13.1. The molecule has 1 heterocycles. The fraction of sp³-hybridized carbons (Fsp3) is 0.292. The first-order valence-corrected chi connectivity index (χ1v) is 10.5. The van der Waals surface area contributed by atoms with E-state index in [0.29, 0.717) is 19.5 Å². The monoisotopic (exact) mass is 408 g/mol. The zero-order valence-electron chi connectivity index (χ0n) is 16.6. The Morgan fingerprint density at radius 1 is 0.966 bits per heavy atom. The van der Waals surface area contributed by atoms with Gasteiger partial charge < -0.3 is 14.5 Å². The van der Waals surface area contributed by atoms with Gasteiger partial charge in [-0.3, -0.25) is 4.79 Å². The second kappa shape index (κ2) is 8.75. The summed E-state index contributed by atoms with van der Waals surface area (Å²) in [6.07, 6.45) is 0.175. The van der Waals surface area contributed by atoms with Crippen LogP contribution in [0.2, 0.25) is 5.02 Å². The van der Waals surface area contributed by atoms with Gasteiger partial charge in [0.15, 0.2) is 6.10 Å². The quantitative estimate of drug-likeness (QED) is 0.595. The summed E-state index contributed by atoms with van der Waals surface area (Å²) in [5.74, 6) is 0.799. The number of halogens is 1. The molecule has 1 aliphatic heterocycles. The number of piperazine rings is 1. The highest BCUT2D eigenvalue weighted by Crippen LogP contribution is 2.24. The van der Waals surface area contributed by atoms with Gasteiger partial charge in [-0.1, -0.05) is 54.9 Å². The van der Waals surface area contributed by atoms with E-state index in [1.165, 1.54) is 0 Å². The third-order valence-electron chi connectivity index (χ3n) is 5.41. The van der Waals surface area contributed by atoms with E-state index in [-0.39, 0.29) is 5.91 Å². The van der Waals surface area contributed by atoms with E-state index < -0.39 is 6.10 Å². The Morgan fingerprint density at radius 2 is 1.72 bits per heavy atom. The number of carbonyl (C=O) groups excluding carboxylic acids is 1. The van der Waals surface area contributed by atoms with Crippen LogP contribution in [0.1, 0.15) is 13.3 Å². The first kappa shape index (κ1) is 19.6. The van der Waals surface area contributed by atoms with Gasteiger partial charge in [0.25, 0.3) is 5.91 Å². The topological polar surface area (TPSA) is 32.8 Å². The summed E-state index contributed by atoms with van der Waals surface area (Å²) in [5.41, 5.74) is 1.10. The lowest BCUT2D eigenvalue weighted by atomic mass is 10.1. The zero-order chi connectivity index (χ0) is 20.2. The number of hydrogen-bond donors (Lipinski definition) is 0. The summed E-state index contributed by atoms with van der Waals surface area (Å²) in [6, 6.07) is 22.0. The van der Waals surface area contributed by atoms with Crippen LogP contribution in [0.5, 0.6) is 5.75 Å². The smallest absolute Gasteiger partial charge is 0.263 e. The van der Waals surface area contributed by atoms with Crippen molar-refractivity contribution in [3.8, 4) is 5.75 Å². The van der Waals surface area contributed by atoms with Crippen molar-refractivity contribution in [2.45, 2.75) is 19.4 Å². The van der Waals surface area contributed by atoms with Gasteiger partial charge >= 0.3 is 0 Å². The molecule has 29 heavy (non-hydrogen) atoms. The summed E-state index contributed by atoms with van der Waals surface area (Å²) < 4.78 is 6.09. The summed E-state index contributed by atoms with van der Waals surface area (Å²) in [6.45, 7) is 4.94. The van der Waals surface area contributed by atoms with Gasteiger partial charge in [0, 0.05) is 36.9 Å². The summed E-state index contributed by atoms with van der Waals surface area (Å²) in [4.78, 5) is 17.2. The second-order valence-corrected chi connectivity index (χ2v) is 7.75. The summed E-state index contributed by atoms with van der Waals surface area (Å²) >= 11 is 6.11. The molecule has 0 spiro atoms. The average Bonchev–Trinajstić information content (AvgIpc) is 2.77. The molecular weight excluding hydrogens is 384 g/mol. The molecule has 1 amide bonds. The summed E-state index contributed by atoms with van der Waals surface area (Å²) in [7, 11) is 0. The van der Waals surface area contributed by atoms with E-state index >= 15 is 0 Å². The van der Waals surface area contributed by atoms with Crippen molar-refractivity contribution in [1.82, 2.24) is 4.90 Å². The number of hydrogen-bond acceptors (Lipinski definition) is 3. The maximum absolute atomic E-state index is 13.1. The van der Waals surface area contributed by atoms with E-state index in [1.807, 2.05) is 60.4 Å². The Bertz CT molecular complexity index is 999. The maximum Gasteiger partial charge on any atom is 0.263 e. The van der Waals surface area contributed by atoms with Crippen molar-refractivity contribution < 1.29 is 9.53 Å². The molecule has 3 aromatic carbocycles. The number of amides is 1. The number of anilines is 1. The Labute approximate surface area is 176 Å². The number of benzene rings is 3. The number of carbonyl (C=O) groups is 1. The van der Waals surface area contributed by atoms with Crippen LogP contribution in [0.4, 0.5) is 5.69 Å². The minimum absolute atomic E-state index is 0.0615. The largest absolute Gasteiger partial charge is 0.481 e. The molecular formula is C24H25ClN2O2. The van der Waals surface area contributed by atoms with Gasteiger partial charge in [0.1, 0.15) is 5.75 Å².